The first kappa shape index (κ1) is 13.2. The summed E-state index contributed by atoms with van der Waals surface area (Å²) in [5.41, 5.74) is -0.0794. The number of aromatic carboxylic acids is 2. The average molecular weight is 279 g/mol. The van der Waals surface area contributed by atoms with Crippen LogP contribution in [0.3, 0.4) is 0 Å². The van der Waals surface area contributed by atoms with E-state index in [1.165, 1.54) is 0 Å². The van der Waals surface area contributed by atoms with Crippen LogP contribution in [-0.2, 0) is 0 Å². The summed E-state index contributed by atoms with van der Waals surface area (Å²) in [7, 11) is 0. The van der Waals surface area contributed by atoms with E-state index in [-0.39, 0.29) is 5.89 Å². The minimum atomic E-state index is -1.46. The highest BCUT2D eigenvalue weighted by Crippen LogP contribution is 2.24. The van der Waals surface area contributed by atoms with Crippen molar-refractivity contribution >= 4 is 23.7 Å². The molecule has 0 aliphatic rings. The molecular formula is C12H9NO5S. The fourth-order valence-electron chi connectivity index (χ4n) is 1.47. The van der Waals surface area contributed by atoms with E-state index in [2.05, 4.69) is 4.98 Å². The van der Waals surface area contributed by atoms with Gasteiger partial charge in [0, 0.05) is 10.5 Å². The van der Waals surface area contributed by atoms with E-state index in [0.29, 0.717) is 5.56 Å². The van der Waals surface area contributed by atoms with Crippen molar-refractivity contribution in [3.8, 4) is 11.5 Å². The largest absolute Gasteiger partial charge is 0.476 e. The van der Waals surface area contributed by atoms with Crippen LogP contribution in [0.15, 0.2) is 33.6 Å². The zero-order valence-electron chi connectivity index (χ0n) is 9.78. The standard InChI is InChI=1S/C12H9NO5S/c1-19-7-4-2-6(3-5-7)10-13-8(11(14)15)9(18-10)12(16)17/h2-5H,1H3,(H,14,15)(H,16,17). The Morgan fingerprint density at radius 2 is 1.79 bits per heavy atom. The second-order valence-corrected chi connectivity index (χ2v) is 4.42. The van der Waals surface area contributed by atoms with Gasteiger partial charge in [-0.2, -0.15) is 0 Å². The quantitative estimate of drug-likeness (QED) is 0.829. The van der Waals surface area contributed by atoms with Gasteiger partial charge in [0.25, 0.3) is 0 Å². The van der Waals surface area contributed by atoms with Crippen molar-refractivity contribution in [3.05, 3.63) is 35.7 Å². The lowest BCUT2D eigenvalue weighted by molar-refractivity contribution is 0.0624. The Labute approximate surface area is 112 Å². The maximum atomic E-state index is 10.9. The van der Waals surface area contributed by atoms with Gasteiger partial charge in [0.15, 0.2) is 0 Å². The molecule has 0 bridgehead atoms. The summed E-state index contributed by atoms with van der Waals surface area (Å²) in [6, 6.07) is 7.00. The molecule has 2 aromatic rings. The normalized spacial score (nSPS) is 10.4. The third-order valence-electron chi connectivity index (χ3n) is 2.36. The molecule has 7 heteroatoms. The molecule has 0 saturated carbocycles. The second-order valence-electron chi connectivity index (χ2n) is 3.54. The van der Waals surface area contributed by atoms with Crippen molar-refractivity contribution < 1.29 is 24.2 Å². The minimum Gasteiger partial charge on any atom is -0.476 e. The van der Waals surface area contributed by atoms with Crippen molar-refractivity contribution in [1.29, 1.82) is 0 Å². The van der Waals surface area contributed by atoms with E-state index >= 15 is 0 Å². The fraction of sp³-hybridized carbons (Fsp3) is 0.0833. The molecule has 0 unspecified atom stereocenters. The Kier molecular flexibility index (Phi) is 3.57. The highest BCUT2D eigenvalue weighted by Gasteiger charge is 2.25. The molecule has 1 aromatic heterocycles. The molecule has 0 radical (unpaired) electrons. The molecule has 2 rings (SSSR count). The van der Waals surface area contributed by atoms with Crippen LogP contribution in [0.4, 0.5) is 0 Å². The van der Waals surface area contributed by atoms with E-state index in [1.807, 2.05) is 18.4 Å². The Balaban J connectivity index is 2.47. The second kappa shape index (κ2) is 5.15. The van der Waals surface area contributed by atoms with Crippen molar-refractivity contribution in [1.82, 2.24) is 4.98 Å². The topological polar surface area (TPSA) is 101 Å². The number of carboxylic acids is 2. The number of benzene rings is 1. The van der Waals surface area contributed by atoms with E-state index in [9.17, 15) is 9.59 Å². The molecule has 0 atom stereocenters. The molecule has 1 aromatic carbocycles. The number of hydrogen-bond acceptors (Lipinski definition) is 5. The molecule has 0 amide bonds. The van der Waals surface area contributed by atoms with Gasteiger partial charge in [-0.1, -0.05) is 0 Å². The smallest absolute Gasteiger partial charge is 0.374 e. The summed E-state index contributed by atoms with van der Waals surface area (Å²) in [6.07, 6.45) is 1.92. The molecule has 6 nitrogen and oxygen atoms in total. The van der Waals surface area contributed by atoms with E-state index < -0.39 is 23.4 Å². The van der Waals surface area contributed by atoms with Crippen LogP contribution < -0.4 is 0 Å². The average Bonchev–Trinajstić information content (AvgIpc) is 2.84. The molecular weight excluding hydrogens is 270 g/mol. The molecule has 1 heterocycles. The van der Waals surface area contributed by atoms with Crippen molar-refractivity contribution in [2.45, 2.75) is 4.90 Å². The summed E-state index contributed by atoms with van der Waals surface area (Å²) < 4.78 is 5.00. The highest BCUT2D eigenvalue weighted by atomic mass is 32.2. The summed E-state index contributed by atoms with van der Waals surface area (Å²) in [6.45, 7) is 0. The van der Waals surface area contributed by atoms with Crippen LogP contribution in [0.25, 0.3) is 11.5 Å². The number of aromatic nitrogens is 1. The molecule has 0 aliphatic heterocycles. The Morgan fingerprint density at radius 3 is 2.21 bits per heavy atom. The summed E-state index contributed by atoms with van der Waals surface area (Å²) >= 11 is 1.55. The lowest BCUT2D eigenvalue weighted by Gasteiger charge is -1.97. The van der Waals surface area contributed by atoms with Gasteiger partial charge in [0.05, 0.1) is 0 Å². The van der Waals surface area contributed by atoms with E-state index in [1.54, 1.807) is 23.9 Å². The summed E-state index contributed by atoms with van der Waals surface area (Å²) in [5.74, 6) is -3.59. The van der Waals surface area contributed by atoms with Gasteiger partial charge in [-0.3, -0.25) is 0 Å². The number of rotatable bonds is 4. The van der Waals surface area contributed by atoms with Crippen molar-refractivity contribution in [3.63, 3.8) is 0 Å². The minimum absolute atomic E-state index is 0.0255. The van der Waals surface area contributed by atoms with E-state index in [0.717, 1.165) is 4.90 Å². The number of carbonyl (C=O) groups is 2. The zero-order valence-corrected chi connectivity index (χ0v) is 10.6. The van der Waals surface area contributed by atoms with Crippen LogP contribution in [0.1, 0.15) is 21.0 Å². The molecule has 0 aliphatic carbocycles. The highest BCUT2D eigenvalue weighted by molar-refractivity contribution is 7.98. The zero-order chi connectivity index (χ0) is 14.0. The van der Waals surface area contributed by atoms with Crippen LogP contribution >= 0.6 is 11.8 Å². The van der Waals surface area contributed by atoms with Crippen LogP contribution in [0, 0.1) is 0 Å². The van der Waals surface area contributed by atoms with Gasteiger partial charge in [-0.15, -0.1) is 11.8 Å². The first-order valence-electron chi connectivity index (χ1n) is 5.14. The van der Waals surface area contributed by atoms with Crippen LogP contribution in [0.5, 0.6) is 0 Å². The van der Waals surface area contributed by atoms with Gasteiger partial charge in [0.1, 0.15) is 0 Å². The first-order chi connectivity index (χ1) is 9.02. The predicted octanol–water partition coefficient (Wildman–Crippen LogP) is 2.46. The number of hydrogen-bond donors (Lipinski definition) is 2. The molecule has 0 spiro atoms. The molecule has 19 heavy (non-hydrogen) atoms. The Morgan fingerprint density at radius 1 is 1.16 bits per heavy atom. The van der Waals surface area contributed by atoms with Crippen molar-refractivity contribution in [2.24, 2.45) is 0 Å². The Hall–Kier alpha value is -2.28. The SMILES string of the molecule is CSc1ccc(-c2nc(C(=O)O)c(C(=O)O)o2)cc1. The summed E-state index contributed by atoms with van der Waals surface area (Å²) in [4.78, 5) is 26.5. The maximum Gasteiger partial charge on any atom is 0.374 e. The third-order valence-corrected chi connectivity index (χ3v) is 3.10. The van der Waals surface area contributed by atoms with Gasteiger partial charge in [-0.25, -0.2) is 14.6 Å². The van der Waals surface area contributed by atoms with Gasteiger partial charge < -0.3 is 14.6 Å². The van der Waals surface area contributed by atoms with Crippen LogP contribution in [-0.4, -0.2) is 33.4 Å². The molecule has 2 N–H and O–H groups in total. The molecule has 98 valence electrons. The fourth-order valence-corrected chi connectivity index (χ4v) is 1.88. The molecule has 0 saturated heterocycles. The monoisotopic (exact) mass is 279 g/mol. The molecule has 0 fully saturated rings. The lowest BCUT2D eigenvalue weighted by atomic mass is 10.2. The number of nitrogens with zero attached hydrogens (tertiary/aromatic N) is 1. The Bertz CT molecular complexity index is 601. The predicted molar refractivity (Wildman–Crippen MR) is 67.6 cm³/mol. The first-order valence-corrected chi connectivity index (χ1v) is 6.37. The van der Waals surface area contributed by atoms with Gasteiger partial charge >= 0.3 is 11.9 Å². The number of thioether (sulfide) groups is 1. The van der Waals surface area contributed by atoms with Crippen molar-refractivity contribution in [2.75, 3.05) is 6.26 Å². The maximum absolute atomic E-state index is 10.9. The summed E-state index contributed by atoms with van der Waals surface area (Å²) in [5, 5.41) is 17.7. The van der Waals surface area contributed by atoms with Crippen LogP contribution in [0.2, 0.25) is 0 Å². The third kappa shape index (κ3) is 2.60. The number of oxazole rings is 1. The number of carboxylic acid groups (broad SMARTS) is 2. The van der Waals surface area contributed by atoms with Gasteiger partial charge in [-0.05, 0) is 30.5 Å². The van der Waals surface area contributed by atoms with Gasteiger partial charge in [0.2, 0.25) is 17.3 Å². The lowest BCUT2D eigenvalue weighted by Crippen LogP contribution is -2.05. The van der Waals surface area contributed by atoms with E-state index in [4.69, 9.17) is 14.6 Å².